The molecule has 1 aromatic carbocycles. The standard InChI is InChI=1S/C15H20ClN3O2/c1-15(2,14(20)17-3)9-19-12-6-5-10(21-4)7-11(12)18-13(19)8-16/h5-7H,8-9H2,1-4H3,(H,17,20). The first-order chi connectivity index (χ1) is 9.92. The van der Waals surface area contributed by atoms with Gasteiger partial charge in [-0.3, -0.25) is 4.79 Å². The number of halogens is 1. The van der Waals surface area contributed by atoms with Crippen molar-refractivity contribution in [3.63, 3.8) is 0 Å². The number of hydrogen-bond donors (Lipinski definition) is 1. The molecule has 6 heteroatoms. The van der Waals surface area contributed by atoms with Crippen molar-refractivity contribution in [2.24, 2.45) is 5.41 Å². The Hall–Kier alpha value is -1.75. The molecule has 0 unspecified atom stereocenters. The Labute approximate surface area is 129 Å². The second-order valence-corrected chi connectivity index (χ2v) is 5.83. The minimum atomic E-state index is -0.552. The fourth-order valence-corrected chi connectivity index (χ4v) is 2.57. The number of ether oxygens (including phenoxy) is 1. The molecule has 0 spiro atoms. The Morgan fingerprint density at radius 2 is 2.19 bits per heavy atom. The Kier molecular flexibility index (Phi) is 4.42. The van der Waals surface area contributed by atoms with Gasteiger partial charge in [0, 0.05) is 19.7 Å². The van der Waals surface area contributed by atoms with Gasteiger partial charge in [0.05, 0.1) is 29.4 Å². The minimum Gasteiger partial charge on any atom is -0.497 e. The molecule has 114 valence electrons. The van der Waals surface area contributed by atoms with Crippen molar-refractivity contribution in [3.8, 4) is 5.75 Å². The van der Waals surface area contributed by atoms with Crippen LogP contribution in [0.5, 0.6) is 5.75 Å². The maximum Gasteiger partial charge on any atom is 0.227 e. The van der Waals surface area contributed by atoms with Crippen LogP contribution in [0.25, 0.3) is 11.0 Å². The number of fused-ring (bicyclic) bond motifs is 1. The molecular formula is C15H20ClN3O2. The van der Waals surface area contributed by atoms with E-state index in [1.807, 2.05) is 36.6 Å². The Bertz CT molecular complexity index is 664. The molecule has 0 aliphatic carbocycles. The van der Waals surface area contributed by atoms with Gasteiger partial charge in [0.25, 0.3) is 0 Å². The zero-order chi connectivity index (χ0) is 15.6. The molecule has 0 aliphatic rings. The second-order valence-electron chi connectivity index (χ2n) is 5.57. The minimum absolute atomic E-state index is 0.0154. The van der Waals surface area contributed by atoms with Crippen molar-refractivity contribution in [1.82, 2.24) is 14.9 Å². The van der Waals surface area contributed by atoms with Gasteiger partial charge < -0.3 is 14.6 Å². The van der Waals surface area contributed by atoms with Gasteiger partial charge in [0.15, 0.2) is 0 Å². The lowest BCUT2D eigenvalue weighted by Crippen LogP contribution is -2.38. The normalized spacial score (nSPS) is 11.7. The first-order valence-corrected chi connectivity index (χ1v) is 7.27. The fraction of sp³-hybridized carbons (Fsp3) is 0.467. The maximum atomic E-state index is 12.0. The molecule has 0 atom stereocenters. The van der Waals surface area contributed by atoms with Crippen LogP contribution in [0.2, 0.25) is 0 Å². The molecule has 21 heavy (non-hydrogen) atoms. The number of alkyl halides is 1. The predicted octanol–water partition coefficient (Wildman–Crippen LogP) is 2.56. The van der Waals surface area contributed by atoms with Crippen LogP contribution in [0.4, 0.5) is 0 Å². The summed E-state index contributed by atoms with van der Waals surface area (Å²) in [6.45, 7) is 4.32. The van der Waals surface area contributed by atoms with Crippen LogP contribution in [0.3, 0.4) is 0 Å². The number of imidazole rings is 1. The lowest BCUT2D eigenvalue weighted by atomic mass is 9.92. The highest BCUT2D eigenvalue weighted by Crippen LogP contribution is 2.27. The second kappa shape index (κ2) is 5.93. The zero-order valence-electron chi connectivity index (χ0n) is 12.7. The van der Waals surface area contributed by atoms with Gasteiger partial charge >= 0.3 is 0 Å². The third kappa shape index (κ3) is 2.97. The van der Waals surface area contributed by atoms with Gasteiger partial charge in [0.2, 0.25) is 5.91 Å². The van der Waals surface area contributed by atoms with Gasteiger partial charge in [0.1, 0.15) is 11.6 Å². The molecule has 1 heterocycles. The summed E-state index contributed by atoms with van der Waals surface area (Å²) in [6.07, 6.45) is 0. The van der Waals surface area contributed by atoms with Gasteiger partial charge in [-0.2, -0.15) is 0 Å². The van der Waals surface area contributed by atoms with E-state index in [0.29, 0.717) is 12.4 Å². The number of amides is 1. The van der Waals surface area contributed by atoms with Crippen molar-refractivity contribution in [2.45, 2.75) is 26.3 Å². The quantitative estimate of drug-likeness (QED) is 0.864. The largest absolute Gasteiger partial charge is 0.497 e. The molecular weight excluding hydrogens is 290 g/mol. The maximum absolute atomic E-state index is 12.0. The highest BCUT2D eigenvalue weighted by Gasteiger charge is 2.29. The monoisotopic (exact) mass is 309 g/mol. The van der Waals surface area contributed by atoms with Crippen LogP contribution < -0.4 is 10.1 Å². The van der Waals surface area contributed by atoms with Crippen LogP contribution in [0.1, 0.15) is 19.7 Å². The van der Waals surface area contributed by atoms with E-state index in [9.17, 15) is 4.79 Å². The number of methoxy groups -OCH3 is 1. The predicted molar refractivity (Wildman–Crippen MR) is 83.7 cm³/mol. The van der Waals surface area contributed by atoms with E-state index in [-0.39, 0.29) is 5.91 Å². The molecule has 1 amide bonds. The van der Waals surface area contributed by atoms with E-state index >= 15 is 0 Å². The topological polar surface area (TPSA) is 56.2 Å². The number of nitrogens with zero attached hydrogens (tertiary/aromatic N) is 2. The van der Waals surface area contributed by atoms with Gasteiger partial charge in [-0.05, 0) is 26.0 Å². The summed E-state index contributed by atoms with van der Waals surface area (Å²) < 4.78 is 7.21. The van der Waals surface area contributed by atoms with Crippen molar-refractivity contribution in [2.75, 3.05) is 14.2 Å². The van der Waals surface area contributed by atoms with E-state index < -0.39 is 5.41 Å². The molecule has 0 fully saturated rings. The smallest absolute Gasteiger partial charge is 0.227 e. The Morgan fingerprint density at radius 3 is 2.76 bits per heavy atom. The van der Waals surface area contributed by atoms with Crippen LogP contribution in [-0.4, -0.2) is 29.6 Å². The van der Waals surface area contributed by atoms with E-state index in [1.54, 1.807) is 14.2 Å². The number of carbonyl (C=O) groups excluding carboxylic acids is 1. The Morgan fingerprint density at radius 1 is 1.48 bits per heavy atom. The van der Waals surface area contributed by atoms with Crippen LogP contribution in [-0.2, 0) is 17.2 Å². The lowest BCUT2D eigenvalue weighted by molar-refractivity contribution is -0.129. The van der Waals surface area contributed by atoms with Crippen LogP contribution in [0, 0.1) is 5.41 Å². The summed E-state index contributed by atoms with van der Waals surface area (Å²) in [4.78, 5) is 16.5. The van der Waals surface area contributed by atoms with E-state index in [0.717, 1.165) is 22.6 Å². The average molecular weight is 310 g/mol. The molecule has 0 aliphatic heterocycles. The number of benzene rings is 1. The zero-order valence-corrected chi connectivity index (χ0v) is 13.5. The van der Waals surface area contributed by atoms with Crippen molar-refractivity contribution in [3.05, 3.63) is 24.0 Å². The number of rotatable bonds is 5. The van der Waals surface area contributed by atoms with Crippen molar-refractivity contribution >= 4 is 28.5 Å². The first kappa shape index (κ1) is 15.6. The van der Waals surface area contributed by atoms with E-state index in [2.05, 4.69) is 10.3 Å². The Balaban J connectivity index is 2.49. The molecule has 0 saturated heterocycles. The average Bonchev–Trinajstić information content (AvgIpc) is 2.82. The van der Waals surface area contributed by atoms with Gasteiger partial charge in [-0.15, -0.1) is 11.6 Å². The summed E-state index contributed by atoms with van der Waals surface area (Å²) in [5.41, 5.74) is 1.21. The molecule has 0 radical (unpaired) electrons. The molecule has 2 aromatic rings. The molecule has 2 rings (SSSR count). The molecule has 1 aromatic heterocycles. The lowest BCUT2D eigenvalue weighted by Gasteiger charge is -2.24. The number of carbonyl (C=O) groups is 1. The van der Waals surface area contributed by atoms with E-state index in [1.165, 1.54) is 0 Å². The van der Waals surface area contributed by atoms with Gasteiger partial charge in [-0.25, -0.2) is 4.98 Å². The molecule has 0 bridgehead atoms. The summed E-state index contributed by atoms with van der Waals surface area (Å²) in [5.74, 6) is 1.77. The number of hydrogen-bond acceptors (Lipinski definition) is 3. The molecule has 5 nitrogen and oxygen atoms in total. The number of nitrogens with one attached hydrogen (secondary N) is 1. The van der Waals surface area contributed by atoms with Crippen molar-refractivity contribution in [1.29, 1.82) is 0 Å². The molecule has 1 N–H and O–H groups in total. The highest BCUT2D eigenvalue weighted by molar-refractivity contribution is 6.16. The van der Waals surface area contributed by atoms with E-state index in [4.69, 9.17) is 16.3 Å². The van der Waals surface area contributed by atoms with Crippen LogP contribution >= 0.6 is 11.6 Å². The molecule has 0 saturated carbocycles. The van der Waals surface area contributed by atoms with Gasteiger partial charge in [-0.1, -0.05) is 0 Å². The third-order valence-electron chi connectivity index (χ3n) is 3.55. The summed E-state index contributed by atoms with van der Waals surface area (Å²) in [6, 6.07) is 5.69. The summed E-state index contributed by atoms with van der Waals surface area (Å²) in [7, 11) is 3.26. The first-order valence-electron chi connectivity index (χ1n) is 6.74. The SMILES string of the molecule is CNC(=O)C(C)(C)Cn1c(CCl)nc2cc(OC)ccc21. The van der Waals surface area contributed by atoms with Crippen molar-refractivity contribution < 1.29 is 9.53 Å². The number of aromatic nitrogens is 2. The fourth-order valence-electron chi connectivity index (χ4n) is 2.37. The third-order valence-corrected chi connectivity index (χ3v) is 3.79. The van der Waals surface area contributed by atoms with Crippen LogP contribution in [0.15, 0.2) is 18.2 Å². The summed E-state index contributed by atoms with van der Waals surface area (Å²) in [5, 5.41) is 2.70. The highest BCUT2D eigenvalue weighted by atomic mass is 35.5. The summed E-state index contributed by atoms with van der Waals surface area (Å²) >= 11 is 6.00.